The summed E-state index contributed by atoms with van der Waals surface area (Å²) in [6.07, 6.45) is 6.91. The lowest BCUT2D eigenvalue weighted by atomic mass is 9.99. The second-order valence-electron chi connectivity index (χ2n) is 6.30. The molecule has 0 spiro atoms. The molecule has 0 bridgehead atoms. The lowest BCUT2D eigenvalue weighted by Crippen LogP contribution is -2.10. The fourth-order valence-electron chi connectivity index (χ4n) is 3.82. The zero-order valence-corrected chi connectivity index (χ0v) is 13.2. The molecule has 0 unspecified atom stereocenters. The Morgan fingerprint density at radius 2 is 1.96 bits per heavy atom. The van der Waals surface area contributed by atoms with E-state index in [0.29, 0.717) is 5.82 Å². The van der Waals surface area contributed by atoms with Crippen LogP contribution in [-0.4, -0.2) is 19.5 Å². The number of rotatable bonds is 1. The van der Waals surface area contributed by atoms with E-state index in [1.54, 1.807) is 6.33 Å². The summed E-state index contributed by atoms with van der Waals surface area (Å²) in [6.45, 7) is 0.989. The molecule has 1 aliphatic heterocycles. The number of hydrogen-bond donors (Lipinski definition) is 1. The highest BCUT2D eigenvalue weighted by Gasteiger charge is 2.24. The summed E-state index contributed by atoms with van der Waals surface area (Å²) in [7, 11) is 0. The van der Waals surface area contributed by atoms with Gasteiger partial charge in [0.15, 0.2) is 0 Å². The van der Waals surface area contributed by atoms with E-state index in [9.17, 15) is 0 Å². The van der Waals surface area contributed by atoms with E-state index < -0.39 is 0 Å². The van der Waals surface area contributed by atoms with Crippen molar-refractivity contribution in [2.75, 3.05) is 5.73 Å². The van der Waals surface area contributed by atoms with E-state index in [0.717, 1.165) is 46.0 Å². The van der Waals surface area contributed by atoms with Crippen molar-refractivity contribution in [1.82, 2.24) is 19.5 Å². The molecule has 5 nitrogen and oxygen atoms in total. The Labute approximate surface area is 139 Å². The molecule has 1 aromatic carbocycles. The van der Waals surface area contributed by atoms with Gasteiger partial charge in [0.25, 0.3) is 0 Å². The van der Waals surface area contributed by atoms with Gasteiger partial charge in [-0.3, -0.25) is 4.98 Å². The molecule has 1 aliphatic rings. The molecule has 0 saturated carbocycles. The number of pyridine rings is 1. The number of nitrogens with zero attached hydrogens (tertiary/aromatic N) is 4. The van der Waals surface area contributed by atoms with Crippen LogP contribution in [0.25, 0.3) is 33.1 Å². The number of nitrogens with two attached hydrogens (primary N) is 1. The number of hydrogen-bond acceptors (Lipinski definition) is 4. The highest BCUT2D eigenvalue weighted by Crippen LogP contribution is 2.39. The molecule has 0 fully saturated rings. The molecule has 0 aliphatic carbocycles. The second kappa shape index (κ2) is 5.03. The molecule has 0 saturated heterocycles. The molecule has 0 amide bonds. The minimum absolute atomic E-state index is 0.546. The summed E-state index contributed by atoms with van der Waals surface area (Å²) in [5.41, 5.74) is 11.7. The van der Waals surface area contributed by atoms with Crippen molar-refractivity contribution in [3.8, 4) is 11.1 Å². The Balaban J connectivity index is 1.87. The van der Waals surface area contributed by atoms with Crippen molar-refractivity contribution < 1.29 is 0 Å². The smallest absolute Gasteiger partial charge is 0.146 e. The number of aromatic nitrogens is 4. The fourth-order valence-corrected chi connectivity index (χ4v) is 3.82. The molecule has 0 radical (unpaired) electrons. The van der Waals surface area contributed by atoms with Gasteiger partial charge in [0.2, 0.25) is 0 Å². The molecule has 5 rings (SSSR count). The first-order chi connectivity index (χ1) is 11.8. The summed E-state index contributed by atoms with van der Waals surface area (Å²) >= 11 is 0. The van der Waals surface area contributed by atoms with Crippen LogP contribution in [0.2, 0.25) is 0 Å². The maximum absolute atomic E-state index is 6.23. The average molecular weight is 315 g/mol. The third-order valence-electron chi connectivity index (χ3n) is 4.90. The summed E-state index contributed by atoms with van der Waals surface area (Å²) in [6, 6.07) is 10.4. The molecule has 3 aromatic heterocycles. The van der Waals surface area contributed by atoms with Crippen molar-refractivity contribution in [3.05, 3.63) is 48.5 Å². The first-order valence-corrected chi connectivity index (χ1v) is 8.29. The average Bonchev–Trinajstić information content (AvgIpc) is 2.97. The highest BCUT2D eigenvalue weighted by molar-refractivity contribution is 6.03. The molecule has 24 heavy (non-hydrogen) atoms. The van der Waals surface area contributed by atoms with Crippen molar-refractivity contribution in [3.63, 3.8) is 0 Å². The maximum atomic E-state index is 6.23. The molecule has 4 aromatic rings. The number of aryl methyl sites for hydroxylation is 1. The Morgan fingerprint density at radius 3 is 2.92 bits per heavy atom. The molecule has 4 heterocycles. The summed E-state index contributed by atoms with van der Waals surface area (Å²) < 4.78 is 2.31. The van der Waals surface area contributed by atoms with Crippen molar-refractivity contribution in [2.24, 2.45) is 0 Å². The molecule has 5 heteroatoms. The van der Waals surface area contributed by atoms with Gasteiger partial charge in [-0.1, -0.05) is 18.2 Å². The number of para-hydroxylation sites is 1. The van der Waals surface area contributed by atoms with Crippen LogP contribution >= 0.6 is 0 Å². The third kappa shape index (κ3) is 1.84. The summed E-state index contributed by atoms with van der Waals surface area (Å²) in [4.78, 5) is 13.4. The molecule has 0 atom stereocenters. The van der Waals surface area contributed by atoms with Gasteiger partial charge in [-0.2, -0.15) is 0 Å². The number of nitrogen functional groups attached to an aromatic ring is 1. The SMILES string of the molecule is Nc1ncnc2c1c(-c1cnc3ccccc3c1)c1n2CCCC1. The zero-order valence-electron chi connectivity index (χ0n) is 13.2. The van der Waals surface area contributed by atoms with Crippen LogP contribution in [-0.2, 0) is 13.0 Å². The highest BCUT2D eigenvalue weighted by atomic mass is 15.1. The van der Waals surface area contributed by atoms with E-state index in [1.165, 1.54) is 18.5 Å². The quantitative estimate of drug-likeness (QED) is 0.583. The summed E-state index contributed by atoms with van der Waals surface area (Å²) in [5, 5.41) is 2.10. The number of fused-ring (bicyclic) bond motifs is 4. The van der Waals surface area contributed by atoms with Crippen LogP contribution in [0.1, 0.15) is 18.5 Å². The monoisotopic (exact) mass is 315 g/mol. The van der Waals surface area contributed by atoms with E-state index in [2.05, 4.69) is 31.7 Å². The molecule has 118 valence electrons. The predicted molar refractivity (Wildman–Crippen MR) is 95.6 cm³/mol. The first kappa shape index (κ1) is 13.5. The lowest BCUT2D eigenvalue weighted by Gasteiger charge is -2.16. The van der Waals surface area contributed by atoms with Gasteiger partial charge < -0.3 is 10.3 Å². The van der Waals surface area contributed by atoms with E-state index in [1.807, 2.05) is 24.4 Å². The minimum Gasteiger partial charge on any atom is -0.383 e. The minimum atomic E-state index is 0.546. The molecular weight excluding hydrogens is 298 g/mol. The number of anilines is 1. The Hall–Kier alpha value is -2.95. The van der Waals surface area contributed by atoms with Crippen LogP contribution in [0.4, 0.5) is 5.82 Å². The largest absolute Gasteiger partial charge is 0.383 e. The third-order valence-corrected chi connectivity index (χ3v) is 4.90. The Morgan fingerprint density at radius 1 is 1.04 bits per heavy atom. The standard InChI is InChI=1S/C19H17N5/c20-18-17-16(13-9-12-5-1-2-6-14(12)21-10-13)15-7-3-4-8-24(15)19(17)23-11-22-18/h1-2,5-6,9-11H,3-4,7-8H2,(H2,20,22,23). The fraction of sp³-hybridized carbons (Fsp3) is 0.211. The van der Waals surface area contributed by atoms with Crippen LogP contribution in [0, 0.1) is 0 Å². The van der Waals surface area contributed by atoms with Gasteiger partial charge in [0.05, 0.1) is 10.9 Å². The van der Waals surface area contributed by atoms with Crippen molar-refractivity contribution in [1.29, 1.82) is 0 Å². The second-order valence-corrected chi connectivity index (χ2v) is 6.30. The van der Waals surface area contributed by atoms with E-state index >= 15 is 0 Å². The molecule has 2 N–H and O–H groups in total. The number of benzene rings is 1. The van der Waals surface area contributed by atoms with Crippen LogP contribution in [0.3, 0.4) is 0 Å². The summed E-state index contributed by atoms with van der Waals surface area (Å²) in [5.74, 6) is 0.546. The van der Waals surface area contributed by atoms with Crippen LogP contribution in [0.5, 0.6) is 0 Å². The molecular formula is C19H17N5. The normalized spacial score (nSPS) is 14.2. The lowest BCUT2D eigenvalue weighted by molar-refractivity contribution is 0.543. The van der Waals surface area contributed by atoms with Gasteiger partial charge in [-0.15, -0.1) is 0 Å². The van der Waals surface area contributed by atoms with E-state index in [-0.39, 0.29) is 0 Å². The van der Waals surface area contributed by atoms with Crippen LogP contribution in [0.15, 0.2) is 42.9 Å². The van der Waals surface area contributed by atoms with Crippen molar-refractivity contribution >= 4 is 27.8 Å². The zero-order chi connectivity index (χ0) is 16.1. The Bertz CT molecular complexity index is 1080. The van der Waals surface area contributed by atoms with Gasteiger partial charge in [0.1, 0.15) is 17.8 Å². The maximum Gasteiger partial charge on any atom is 0.146 e. The predicted octanol–water partition coefficient (Wildman–Crippen LogP) is 3.57. The first-order valence-electron chi connectivity index (χ1n) is 8.29. The van der Waals surface area contributed by atoms with E-state index in [4.69, 9.17) is 5.73 Å². The van der Waals surface area contributed by atoms with Crippen molar-refractivity contribution in [2.45, 2.75) is 25.8 Å². The van der Waals surface area contributed by atoms with Crippen LogP contribution < -0.4 is 5.73 Å². The Kier molecular flexibility index (Phi) is 2.82. The van der Waals surface area contributed by atoms with Gasteiger partial charge in [-0.05, 0) is 31.4 Å². The van der Waals surface area contributed by atoms with Gasteiger partial charge >= 0.3 is 0 Å². The van der Waals surface area contributed by atoms with Gasteiger partial charge in [-0.25, -0.2) is 9.97 Å². The van der Waals surface area contributed by atoms with Gasteiger partial charge in [0, 0.05) is 34.9 Å². The topological polar surface area (TPSA) is 69.6 Å².